The van der Waals surface area contributed by atoms with Crippen LogP contribution in [0.2, 0.25) is 0 Å². The second-order valence-corrected chi connectivity index (χ2v) is 1.29. The standard InChI is InChI=1S/C6H11N/c1-2-3-4-5-6-7/h2,5-6H,1,3-4,7H2/b6-5-. The second kappa shape index (κ2) is 5.28. The predicted molar refractivity (Wildman–Crippen MR) is 32.8 cm³/mol. The van der Waals surface area contributed by atoms with Crippen LogP contribution in [0.15, 0.2) is 24.9 Å². The summed E-state index contributed by atoms with van der Waals surface area (Å²) in [5.74, 6) is 0. The van der Waals surface area contributed by atoms with Crippen molar-refractivity contribution in [2.75, 3.05) is 0 Å². The second-order valence-electron chi connectivity index (χ2n) is 1.29. The van der Waals surface area contributed by atoms with Gasteiger partial charge >= 0.3 is 0 Å². The first kappa shape index (κ1) is 6.28. The topological polar surface area (TPSA) is 26.0 Å². The van der Waals surface area contributed by atoms with Crippen LogP contribution in [0.4, 0.5) is 0 Å². The molecular formula is C6H11N. The summed E-state index contributed by atoms with van der Waals surface area (Å²) in [6, 6.07) is 0. The van der Waals surface area contributed by atoms with Crippen LogP contribution in [-0.4, -0.2) is 0 Å². The van der Waals surface area contributed by atoms with E-state index in [1.807, 2.05) is 12.2 Å². The molecule has 0 heterocycles. The van der Waals surface area contributed by atoms with Gasteiger partial charge in [0.1, 0.15) is 0 Å². The van der Waals surface area contributed by atoms with Crippen molar-refractivity contribution in [2.45, 2.75) is 12.8 Å². The Morgan fingerprint density at radius 1 is 1.43 bits per heavy atom. The van der Waals surface area contributed by atoms with Crippen LogP contribution >= 0.6 is 0 Å². The molecule has 0 spiro atoms. The quantitative estimate of drug-likeness (QED) is 0.418. The van der Waals surface area contributed by atoms with Gasteiger partial charge < -0.3 is 5.73 Å². The molecule has 0 aliphatic rings. The molecule has 0 rings (SSSR count). The van der Waals surface area contributed by atoms with Gasteiger partial charge in [-0.15, -0.1) is 6.58 Å². The van der Waals surface area contributed by atoms with Crippen molar-refractivity contribution in [3.05, 3.63) is 24.9 Å². The maximum absolute atomic E-state index is 5.05. The Balaban J connectivity index is 2.82. The van der Waals surface area contributed by atoms with Crippen LogP contribution in [-0.2, 0) is 0 Å². The number of hydrogen-bond donors (Lipinski definition) is 1. The lowest BCUT2D eigenvalue weighted by Gasteiger charge is -1.79. The highest BCUT2D eigenvalue weighted by Crippen LogP contribution is 1.87. The van der Waals surface area contributed by atoms with Gasteiger partial charge in [0.2, 0.25) is 0 Å². The Morgan fingerprint density at radius 3 is 2.57 bits per heavy atom. The SMILES string of the molecule is C=CCC/C=C\N. The smallest absolute Gasteiger partial charge is 0.0103 e. The van der Waals surface area contributed by atoms with E-state index in [9.17, 15) is 0 Å². The predicted octanol–water partition coefficient (Wildman–Crippen LogP) is 1.43. The summed E-state index contributed by atoms with van der Waals surface area (Å²) in [5, 5.41) is 0. The Labute approximate surface area is 44.5 Å². The largest absolute Gasteiger partial charge is 0.405 e. The van der Waals surface area contributed by atoms with Crippen molar-refractivity contribution in [2.24, 2.45) is 5.73 Å². The molecule has 0 aromatic carbocycles. The lowest BCUT2D eigenvalue weighted by Crippen LogP contribution is -1.74. The molecule has 0 saturated heterocycles. The highest BCUT2D eigenvalue weighted by molar-refractivity contribution is 4.79. The highest BCUT2D eigenvalue weighted by atomic mass is 14.5. The van der Waals surface area contributed by atoms with Crippen molar-refractivity contribution < 1.29 is 0 Å². The molecule has 0 unspecified atom stereocenters. The summed E-state index contributed by atoms with van der Waals surface area (Å²) in [6.07, 6.45) is 7.39. The summed E-state index contributed by atoms with van der Waals surface area (Å²) in [5.41, 5.74) is 5.05. The van der Waals surface area contributed by atoms with Crippen molar-refractivity contribution in [1.82, 2.24) is 0 Å². The van der Waals surface area contributed by atoms with E-state index in [2.05, 4.69) is 6.58 Å². The molecule has 0 aromatic heterocycles. The van der Waals surface area contributed by atoms with Crippen molar-refractivity contribution in [3.8, 4) is 0 Å². The minimum absolute atomic E-state index is 1.01. The zero-order chi connectivity index (χ0) is 5.54. The van der Waals surface area contributed by atoms with E-state index in [1.165, 1.54) is 0 Å². The molecule has 0 atom stereocenters. The number of rotatable bonds is 3. The van der Waals surface area contributed by atoms with E-state index in [0.29, 0.717) is 0 Å². The molecule has 0 amide bonds. The van der Waals surface area contributed by atoms with Crippen LogP contribution in [0.25, 0.3) is 0 Å². The summed E-state index contributed by atoms with van der Waals surface area (Å²) in [4.78, 5) is 0. The monoisotopic (exact) mass is 97.1 g/mol. The lowest BCUT2D eigenvalue weighted by atomic mass is 10.3. The fraction of sp³-hybridized carbons (Fsp3) is 0.333. The molecule has 1 heteroatoms. The number of nitrogens with two attached hydrogens (primary N) is 1. The Hall–Kier alpha value is -0.720. The van der Waals surface area contributed by atoms with E-state index < -0.39 is 0 Å². The summed E-state index contributed by atoms with van der Waals surface area (Å²) in [7, 11) is 0. The first-order valence-corrected chi connectivity index (χ1v) is 2.39. The molecular weight excluding hydrogens is 86.1 g/mol. The van der Waals surface area contributed by atoms with Crippen molar-refractivity contribution >= 4 is 0 Å². The van der Waals surface area contributed by atoms with Gasteiger partial charge in [-0.3, -0.25) is 0 Å². The van der Waals surface area contributed by atoms with E-state index in [1.54, 1.807) is 6.20 Å². The van der Waals surface area contributed by atoms with Crippen molar-refractivity contribution in [1.29, 1.82) is 0 Å². The maximum atomic E-state index is 5.05. The zero-order valence-corrected chi connectivity index (χ0v) is 4.43. The molecule has 0 bridgehead atoms. The third kappa shape index (κ3) is 5.28. The highest BCUT2D eigenvalue weighted by Gasteiger charge is 1.68. The van der Waals surface area contributed by atoms with E-state index in [-0.39, 0.29) is 0 Å². The van der Waals surface area contributed by atoms with Gasteiger partial charge in [0.25, 0.3) is 0 Å². The fourth-order valence-electron chi connectivity index (χ4n) is 0.310. The average molecular weight is 97.2 g/mol. The molecule has 2 N–H and O–H groups in total. The molecule has 7 heavy (non-hydrogen) atoms. The van der Waals surface area contributed by atoms with Crippen LogP contribution in [0.1, 0.15) is 12.8 Å². The third-order valence-corrected chi connectivity index (χ3v) is 0.674. The number of unbranched alkanes of at least 4 members (excludes halogenated alkanes) is 1. The van der Waals surface area contributed by atoms with E-state index in [0.717, 1.165) is 12.8 Å². The minimum atomic E-state index is 1.01. The molecule has 0 fully saturated rings. The maximum Gasteiger partial charge on any atom is -0.0103 e. The number of allylic oxidation sites excluding steroid dienone is 2. The first-order valence-electron chi connectivity index (χ1n) is 2.39. The van der Waals surface area contributed by atoms with Gasteiger partial charge in [0, 0.05) is 0 Å². The normalized spacial score (nSPS) is 9.71. The number of hydrogen-bond acceptors (Lipinski definition) is 1. The van der Waals surface area contributed by atoms with Crippen LogP contribution in [0.5, 0.6) is 0 Å². The van der Waals surface area contributed by atoms with E-state index in [4.69, 9.17) is 5.73 Å². The van der Waals surface area contributed by atoms with Crippen LogP contribution in [0.3, 0.4) is 0 Å². The Bertz CT molecular complexity index is 64.6. The average Bonchev–Trinajstić information content (AvgIpc) is 1.69. The zero-order valence-electron chi connectivity index (χ0n) is 4.43. The molecule has 40 valence electrons. The first-order chi connectivity index (χ1) is 3.41. The van der Waals surface area contributed by atoms with Gasteiger partial charge in [-0.25, -0.2) is 0 Å². The molecule has 0 saturated carbocycles. The van der Waals surface area contributed by atoms with Gasteiger partial charge in [0.05, 0.1) is 0 Å². The molecule has 0 aliphatic heterocycles. The third-order valence-electron chi connectivity index (χ3n) is 0.674. The van der Waals surface area contributed by atoms with Gasteiger partial charge in [-0.05, 0) is 19.0 Å². The summed E-state index contributed by atoms with van der Waals surface area (Å²) in [6.45, 7) is 3.56. The summed E-state index contributed by atoms with van der Waals surface area (Å²) >= 11 is 0. The van der Waals surface area contributed by atoms with Gasteiger partial charge in [0.15, 0.2) is 0 Å². The van der Waals surface area contributed by atoms with E-state index >= 15 is 0 Å². The van der Waals surface area contributed by atoms with Gasteiger partial charge in [-0.1, -0.05) is 12.2 Å². The van der Waals surface area contributed by atoms with Crippen LogP contribution in [0, 0.1) is 0 Å². The fourth-order valence-corrected chi connectivity index (χ4v) is 0.310. The molecule has 0 aromatic rings. The summed E-state index contributed by atoms with van der Waals surface area (Å²) < 4.78 is 0. The lowest BCUT2D eigenvalue weighted by molar-refractivity contribution is 1.05. The minimum Gasteiger partial charge on any atom is -0.405 e. The van der Waals surface area contributed by atoms with Gasteiger partial charge in [-0.2, -0.15) is 0 Å². The Kier molecular flexibility index (Phi) is 4.74. The Morgan fingerprint density at radius 2 is 2.14 bits per heavy atom. The molecule has 0 radical (unpaired) electrons. The van der Waals surface area contributed by atoms with Crippen molar-refractivity contribution in [3.63, 3.8) is 0 Å². The van der Waals surface area contributed by atoms with Crippen LogP contribution < -0.4 is 5.73 Å². The molecule has 0 aliphatic carbocycles. The molecule has 1 nitrogen and oxygen atoms in total.